The fourth-order valence-electron chi connectivity index (χ4n) is 3.85. The number of nitrogens with zero attached hydrogens (tertiary/aromatic N) is 1. The van der Waals surface area contributed by atoms with Crippen LogP contribution in [-0.2, 0) is 4.79 Å². The third-order valence-electron chi connectivity index (χ3n) is 5.53. The Hall–Kier alpha value is -0.570. The lowest BCUT2D eigenvalue weighted by Gasteiger charge is -2.36. The van der Waals surface area contributed by atoms with Crippen molar-refractivity contribution in [1.29, 1.82) is 0 Å². The Morgan fingerprint density at radius 3 is 2.21 bits per heavy atom. The molecule has 1 saturated heterocycles. The summed E-state index contributed by atoms with van der Waals surface area (Å²) in [7, 11) is 0. The summed E-state index contributed by atoms with van der Waals surface area (Å²) >= 11 is 0. The van der Waals surface area contributed by atoms with Crippen LogP contribution in [0, 0.1) is 11.8 Å². The zero-order valence-electron chi connectivity index (χ0n) is 12.1. The van der Waals surface area contributed by atoms with Crippen molar-refractivity contribution in [2.24, 2.45) is 11.8 Å². The minimum Gasteiger partial charge on any atom is -0.356 e. The van der Waals surface area contributed by atoms with Crippen molar-refractivity contribution in [3.8, 4) is 0 Å². The Morgan fingerprint density at radius 2 is 1.63 bits per heavy atom. The summed E-state index contributed by atoms with van der Waals surface area (Å²) in [5.74, 6) is 1.39. The summed E-state index contributed by atoms with van der Waals surface area (Å²) in [6.07, 6.45) is 11.7. The minimum absolute atomic E-state index is 0.324. The van der Waals surface area contributed by atoms with Gasteiger partial charge in [0.1, 0.15) is 0 Å². The van der Waals surface area contributed by atoms with E-state index >= 15 is 0 Å². The summed E-state index contributed by atoms with van der Waals surface area (Å²) in [5, 5.41) is 3.18. The number of nitrogens with one attached hydrogen (secondary N) is 1. The third kappa shape index (κ3) is 3.31. The van der Waals surface area contributed by atoms with E-state index in [0.29, 0.717) is 11.8 Å². The van der Waals surface area contributed by atoms with Gasteiger partial charge in [0.05, 0.1) is 0 Å². The predicted molar refractivity (Wildman–Crippen MR) is 76.9 cm³/mol. The molecule has 0 aromatic rings. The van der Waals surface area contributed by atoms with Crippen LogP contribution in [0.2, 0.25) is 0 Å². The summed E-state index contributed by atoms with van der Waals surface area (Å²) in [6.45, 7) is 3.44. The minimum atomic E-state index is 0.324. The first kappa shape index (κ1) is 13.4. The van der Waals surface area contributed by atoms with E-state index in [2.05, 4.69) is 10.2 Å². The Kier molecular flexibility index (Phi) is 4.42. The smallest absolute Gasteiger partial charge is 0.223 e. The lowest BCUT2D eigenvalue weighted by molar-refractivity contribution is -0.127. The lowest BCUT2D eigenvalue weighted by atomic mass is 9.84. The van der Waals surface area contributed by atoms with Gasteiger partial charge >= 0.3 is 0 Å². The molecule has 0 aromatic carbocycles. The standard InChI is InChI=1S/C16H28N2O/c19-16(14-4-3-5-14)17-12-13-8-10-18(11-9-13)15-6-1-2-7-15/h13-15H,1-12H2,(H,17,19). The average Bonchev–Trinajstić information content (AvgIpc) is 2.89. The number of likely N-dealkylation sites (tertiary alicyclic amines) is 1. The van der Waals surface area contributed by atoms with Crippen LogP contribution in [-0.4, -0.2) is 36.5 Å². The second-order valence-corrected chi connectivity index (χ2v) is 6.79. The molecule has 3 heteroatoms. The molecule has 19 heavy (non-hydrogen) atoms. The summed E-state index contributed by atoms with van der Waals surface area (Å²) in [4.78, 5) is 14.5. The van der Waals surface area contributed by atoms with Gasteiger partial charge in [-0.25, -0.2) is 0 Å². The number of piperidine rings is 1. The van der Waals surface area contributed by atoms with Gasteiger partial charge in [-0.1, -0.05) is 19.3 Å². The van der Waals surface area contributed by atoms with Crippen molar-refractivity contribution < 1.29 is 4.79 Å². The number of rotatable bonds is 4. The predicted octanol–water partition coefficient (Wildman–Crippen LogP) is 2.56. The first-order valence-corrected chi connectivity index (χ1v) is 8.34. The first-order chi connectivity index (χ1) is 9.33. The van der Waals surface area contributed by atoms with Crippen LogP contribution in [0.15, 0.2) is 0 Å². The molecule has 2 saturated carbocycles. The number of hydrogen-bond acceptors (Lipinski definition) is 2. The normalized spacial score (nSPS) is 27.4. The quantitative estimate of drug-likeness (QED) is 0.846. The number of hydrogen-bond donors (Lipinski definition) is 1. The van der Waals surface area contributed by atoms with E-state index in [1.807, 2.05) is 0 Å². The maximum absolute atomic E-state index is 11.8. The molecular formula is C16H28N2O. The summed E-state index contributed by atoms with van der Waals surface area (Å²) in [6, 6.07) is 0.880. The van der Waals surface area contributed by atoms with Crippen LogP contribution in [0.25, 0.3) is 0 Å². The molecule has 0 atom stereocenters. The molecule has 0 spiro atoms. The maximum atomic E-state index is 11.8. The second-order valence-electron chi connectivity index (χ2n) is 6.79. The monoisotopic (exact) mass is 264 g/mol. The van der Waals surface area contributed by atoms with E-state index in [1.54, 1.807) is 0 Å². The Balaban J connectivity index is 1.34. The van der Waals surface area contributed by atoms with Crippen molar-refractivity contribution in [3.63, 3.8) is 0 Å². The molecule has 3 aliphatic rings. The van der Waals surface area contributed by atoms with Gasteiger partial charge in [-0.2, -0.15) is 0 Å². The molecular weight excluding hydrogens is 236 g/mol. The van der Waals surface area contributed by atoms with Gasteiger partial charge in [-0.15, -0.1) is 0 Å². The second kappa shape index (κ2) is 6.25. The van der Waals surface area contributed by atoms with Gasteiger partial charge in [0.25, 0.3) is 0 Å². The van der Waals surface area contributed by atoms with Crippen LogP contribution < -0.4 is 5.32 Å². The first-order valence-electron chi connectivity index (χ1n) is 8.34. The highest BCUT2D eigenvalue weighted by molar-refractivity contribution is 5.79. The Morgan fingerprint density at radius 1 is 0.947 bits per heavy atom. The van der Waals surface area contributed by atoms with Crippen molar-refractivity contribution in [2.45, 2.75) is 63.8 Å². The van der Waals surface area contributed by atoms with Gasteiger partial charge in [0.15, 0.2) is 0 Å². The van der Waals surface area contributed by atoms with E-state index < -0.39 is 0 Å². The third-order valence-corrected chi connectivity index (χ3v) is 5.53. The fraction of sp³-hybridized carbons (Fsp3) is 0.938. The van der Waals surface area contributed by atoms with E-state index in [-0.39, 0.29) is 0 Å². The topological polar surface area (TPSA) is 32.3 Å². The molecule has 2 aliphatic carbocycles. The molecule has 0 unspecified atom stereocenters. The van der Waals surface area contributed by atoms with Gasteiger partial charge in [0, 0.05) is 18.5 Å². The Labute approximate surface area is 117 Å². The van der Waals surface area contributed by atoms with E-state index in [0.717, 1.165) is 31.3 Å². The van der Waals surface area contributed by atoms with Gasteiger partial charge in [-0.3, -0.25) is 4.79 Å². The highest BCUT2D eigenvalue weighted by Gasteiger charge is 2.28. The number of carbonyl (C=O) groups is 1. The van der Waals surface area contributed by atoms with Crippen molar-refractivity contribution in [1.82, 2.24) is 10.2 Å². The molecule has 1 N–H and O–H groups in total. The van der Waals surface area contributed by atoms with Gasteiger partial charge in [-0.05, 0) is 57.5 Å². The van der Waals surface area contributed by atoms with Crippen LogP contribution in [0.5, 0.6) is 0 Å². The molecule has 1 aliphatic heterocycles. The van der Waals surface area contributed by atoms with E-state index in [9.17, 15) is 4.79 Å². The molecule has 3 fully saturated rings. The molecule has 3 nitrogen and oxygen atoms in total. The Bertz CT molecular complexity index is 300. The molecule has 3 rings (SSSR count). The van der Waals surface area contributed by atoms with Crippen LogP contribution in [0.1, 0.15) is 57.8 Å². The highest BCUT2D eigenvalue weighted by atomic mass is 16.1. The van der Waals surface area contributed by atoms with Crippen LogP contribution >= 0.6 is 0 Å². The molecule has 0 bridgehead atoms. The van der Waals surface area contributed by atoms with E-state index in [4.69, 9.17) is 0 Å². The van der Waals surface area contributed by atoms with Crippen molar-refractivity contribution in [3.05, 3.63) is 0 Å². The summed E-state index contributed by atoms with van der Waals surface area (Å²) in [5.41, 5.74) is 0. The molecule has 1 heterocycles. The number of carbonyl (C=O) groups excluding carboxylic acids is 1. The zero-order chi connectivity index (χ0) is 13.1. The molecule has 0 radical (unpaired) electrons. The molecule has 0 aromatic heterocycles. The SMILES string of the molecule is O=C(NCC1CCN(C2CCCC2)CC1)C1CCC1. The van der Waals surface area contributed by atoms with E-state index in [1.165, 1.54) is 58.0 Å². The highest BCUT2D eigenvalue weighted by Crippen LogP contribution is 2.28. The van der Waals surface area contributed by atoms with Crippen LogP contribution in [0.4, 0.5) is 0 Å². The average molecular weight is 264 g/mol. The molecule has 1 amide bonds. The largest absolute Gasteiger partial charge is 0.356 e. The fourth-order valence-corrected chi connectivity index (χ4v) is 3.85. The number of amides is 1. The van der Waals surface area contributed by atoms with Gasteiger partial charge < -0.3 is 10.2 Å². The molecule has 108 valence electrons. The maximum Gasteiger partial charge on any atom is 0.223 e. The summed E-state index contributed by atoms with van der Waals surface area (Å²) < 4.78 is 0. The van der Waals surface area contributed by atoms with Crippen LogP contribution in [0.3, 0.4) is 0 Å². The zero-order valence-corrected chi connectivity index (χ0v) is 12.1. The van der Waals surface area contributed by atoms with Crippen molar-refractivity contribution in [2.75, 3.05) is 19.6 Å². The van der Waals surface area contributed by atoms with Crippen molar-refractivity contribution >= 4 is 5.91 Å². The van der Waals surface area contributed by atoms with Gasteiger partial charge in [0.2, 0.25) is 5.91 Å². The lowest BCUT2D eigenvalue weighted by Crippen LogP contribution is -2.43.